The van der Waals surface area contributed by atoms with Crippen molar-refractivity contribution in [1.82, 2.24) is 14.5 Å². The molecule has 0 radical (unpaired) electrons. The molecular weight excluding hydrogens is 379 g/mol. The number of imidazole rings is 1. The first-order chi connectivity index (χ1) is 13.8. The molecule has 0 fully saturated rings. The van der Waals surface area contributed by atoms with Crippen LogP contribution in [0.4, 0.5) is 13.2 Å². The van der Waals surface area contributed by atoms with Crippen molar-refractivity contribution in [3.63, 3.8) is 0 Å². The van der Waals surface area contributed by atoms with Crippen molar-refractivity contribution in [3.05, 3.63) is 65.2 Å². The van der Waals surface area contributed by atoms with E-state index < -0.39 is 23.4 Å². The molecule has 29 heavy (non-hydrogen) atoms. The van der Waals surface area contributed by atoms with E-state index in [1.165, 1.54) is 11.0 Å². The molecule has 0 saturated carbocycles. The van der Waals surface area contributed by atoms with Gasteiger partial charge in [-0.05, 0) is 42.7 Å². The maximum Gasteiger partial charge on any atom is 0.257 e. The molecule has 0 N–H and O–H groups in total. The lowest BCUT2D eigenvalue weighted by Gasteiger charge is -2.25. The predicted molar refractivity (Wildman–Crippen MR) is 106 cm³/mol. The molecule has 154 valence electrons. The van der Waals surface area contributed by atoms with Crippen LogP contribution in [0.1, 0.15) is 43.4 Å². The molecule has 0 atom stereocenters. The van der Waals surface area contributed by atoms with E-state index in [0.29, 0.717) is 24.4 Å². The van der Waals surface area contributed by atoms with Crippen molar-refractivity contribution in [2.75, 3.05) is 6.54 Å². The van der Waals surface area contributed by atoms with Gasteiger partial charge in [-0.3, -0.25) is 4.79 Å². The number of aryl methyl sites for hydroxylation is 1. The van der Waals surface area contributed by atoms with Gasteiger partial charge in [0.2, 0.25) is 0 Å². The topological polar surface area (TPSA) is 38.1 Å². The number of carbonyl (C=O) groups is 1. The van der Waals surface area contributed by atoms with Crippen molar-refractivity contribution in [1.29, 1.82) is 0 Å². The van der Waals surface area contributed by atoms with E-state index in [2.05, 4.69) is 4.98 Å². The zero-order valence-electron chi connectivity index (χ0n) is 16.8. The van der Waals surface area contributed by atoms with E-state index in [1.807, 2.05) is 25.3 Å². The maximum atomic E-state index is 14.2. The van der Waals surface area contributed by atoms with Gasteiger partial charge in [-0.25, -0.2) is 18.2 Å². The number of halogens is 3. The van der Waals surface area contributed by atoms with E-state index >= 15 is 0 Å². The third-order valence-corrected chi connectivity index (χ3v) is 4.62. The van der Waals surface area contributed by atoms with Gasteiger partial charge in [0, 0.05) is 13.1 Å². The lowest BCUT2D eigenvalue weighted by atomic mass is 10.1. The lowest BCUT2D eigenvalue weighted by molar-refractivity contribution is 0.0711. The van der Waals surface area contributed by atoms with Gasteiger partial charge in [0.05, 0.1) is 17.6 Å². The summed E-state index contributed by atoms with van der Waals surface area (Å²) in [5.41, 5.74) is 0.565. The number of nitrogens with zero attached hydrogens (tertiary/aromatic N) is 3. The van der Waals surface area contributed by atoms with Crippen LogP contribution in [0.15, 0.2) is 36.4 Å². The molecule has 1 aromatic heterocycles. The number of benzene rings is 2. The second-order valence-corrected chi connectivity index (χ2v) is 7.49. The molecule has 3 aromatic rings. The number of fused-ring (bicyclic) bond motifs is 1. The Morgan fingerprint density at radius 2 is 1.90 bits per heavy atom. The molecule has 0 aliphatic rings. The van der Waals surface area contributed by atoms with Gasteiger partial charge in [-0.15, -0.1) is 0 Å². The number of rotatable bonds is 7. The minimum atomic E-state index is -0.779. The van der Waals surface area contributed by atoms with Gasteiger partial charge in [0.25, 0.3) is 5.91 Å². The largest absolute Gasteiger partial charge is 0.331 e. The fourth-order valence-electron chi connectivity index (χ4n) is 3.42. The summed E-state index contributed by atoms with van der Waals surface area (Å²) in [6, 6.07) is 7.56. The summed E-state index contributed by atoms with van der Waals surface area (Å²) in [5, 5.41) is 0. The van der Waals surface area contributed by atoms with Gasteiger partial charge < -0.3 is 9.47 Å². The van der Waals surface area contributed by atoms with Crippen LogP contribution in [0.5, 0.6) is 0 Å². The minimum Gasteiger partial charge on any atom is -0.331 e. The summed E-state index contributed by atoms with van der Waals surface area (Å²) in [4.78, 5) is 18.9. The van der Waals surface area contributed by atoms with Crippen LogP contribution >= 0.6 is 0 Å². The molecule has 0 unspecified atom stereocenters. The molecule has 1 amide bonds. The Morgan fingerprint density at radius 3 is 2.59 bits per heavy atom. The Hall–Kier alpha value is -2.83. The molecule has 4 nitrogen and oxygen atoms in total. The first-order valence-electron chi connectivity index (χ1n) is 9.69. The SMILES string of the molecule is CCCn1c(CN(CC(C)C)C(=O)c2cc(F)ccc2F)nc2c(F)cccc21. The Kier molecular flexibility index (Phi) is 6.25. The second-order valence-electron chi connectivity index (χ2n) is 7.49. The zero-order valence-corrected chi connectivity index (χ0v) is 16.8. The third kappa shape index (κ3) is 4.44. The second kappa shape index (κ2) is 8.68. The predicted octanol–water partition coefficient (Wildman–Crippen LogP) is 5.16. The van der Waals surface area contributed by atoms with Crippen LogP contribution in [0.25, 0.3) is 11.0 Å². The fraction of sp³-hybridized carbons (Fsp3) is 0.364. The number of aromatic nitrogens is 2. The van der Waals surface area contributed by atoms with Gasteiger partial charge >= 0.3 is 0 Å². The molecule has 2 aromatic carbocycles. The van der Waals surface area contributed by atoms with Crippen molar-refractivity contribution in [3.8, 4) is 0 Å². The molecule has 7 heteroatoms. The highest BCUT2D eigenvalue weighted by molar-refractivity contribution is 5.94. The van der Waals surface area contributed by atoms with E-state index in [4.69, 9.17) is 0 Å². The Labute approximate surface area is 168 Å². The van der Waals surface area contributed by atoms with Gasteiger partial charge in [0.15, 0.2) is 5.82 Å². The molecular formula is C22H24F3N3O. The van der Waals surface area contributed by atoms with Gasteiger partial charge in [-0.2, -0.15) is 0 Å². The van der Waals surface area contributed by atoms with E-state index in [1.54, 1.807) is 12.1 Å². The van der Waals surface area contributed by atoms with E-state index in [0.717, 1.165) is 24.6 Å². The van der Waals surface area contributed by atoms with Crippen molar-refractivity contribution < 1.29 is 18.0 Å². The number of carbonyl (C=O) groups excluding carboxylic acids is 1. The van der Waals surface area contributed by atoms with E-state index in [9.17, 15) is 18.0 Å². The van der Waals surface area contributed by atoms with Crippen LogP contribution in [-0.2, 0) is 13.1 Å². The first-order valence-corrected chi connectivity index (χ1v) is 9.69. The minimum absolute atomic E-state index is 0.0705. The highest BCUT2D eigenvalue weighted by atomic mass is 19.1. The smallest absolute Gasteiger partial charge is 0.257 e. The lowest BCUT2D eigenvalue weighted by Crippen LogP contribution is -2.35. The summed E-state index contributed by atoms with van der Waals surface area (Å²) in [7, 11) is 0. The Balaban J connectivity index is 2.03. The van der Waals surface area contributed by atoms with E-state index in [-0.39, 0.29) is 23.5 Å². The van der Waals surface area contributed by atoms with Crippen LogP contribution in [0.2, 0.25) is 0 Å². The van der Waals surface area contributed by atoms with Crippen molar-refractivity contribution in [2.45, 2.75) is 40.3 Å². The Morgan fingerprint density at radius 1 is 1.14 bits per heavy atom. The molecule has 3 rings (SSSR count). The molecule has 0 aliphatic heterocycles. The van der Waals surface area contributed by atoms with Gasteiger partial charge in [-0.1, -0.05) is 26.8 Å². The summed E-state index contributed by atoms with van der Waals surface area (Å²) in [6.07, 6.45) is 0.797. The van der Waals surface area contributed by atoms with Crippen LogP contribution < -0.4 is 0 Å². The number of para-hydroxylation sites is 1. The maximum absolute atomic E-state index is 14.2. The quantitative estimate of drug-likeness (QED) is 0.546. The molecule has 0 bridgehead atoms. The van der Waals surface area contributed by atoms with Crippen LogP contribution in [0, 0.1) is 23.4 Å². The molecule has 0 aliphatic carbocycles. The first kappa shape index (κ1) is 20.9. The monoisotopic (exact) mass is 403 g/mol. The zero-order chi connectivity index (χ0) is 21.1. The Bertz CT molecular complexity index is 1030. The summed E-state index contributed by atoms with van der Waals surface area (Å²) >= 11 is 0. The molecule has 0 saturated heterocycles. The molecule has 0 spiro atoms. The van der Waals surface area contributed by atoms with Crippen molar-refractivity contribution >= 4 is 16.9 Å². The normalized spacial score (nSPS) is 11.4. The van der Waals surface area contributed by atoms with Gasteiger partial charge in [0.1, 0.15) is 23.0 Å². The standard InChI is InChI=1S/C22H24F3N3O/c1-4-10-28-19-7-5-6-18(25)21(19)26-20(28)13-27(12-14(2)3)22(29)16-11-15(23)8-9-17(16)24/h5-9,11,14H,4,10,12-13H2,1-3H3. The average Bonchev–Trinajstić information content (AvgIpc) is 3.01. The van der Waals surface area contributed by atoms with Crippen LogP contribution in [0.3, 0.4) is 0 Å². The number of hydrogen-bond donors (Lipinski definition) is 0. The average molecular weight is 403 g/mol. The number of hydrogen-bond acceptors (Lipinski definition) is 2. The molecule has 1 heterocycles. The van der Waals surface area contributed by atoms with Crippen molar-refractivity contribution in [2.24, 2.45) is 5.92 Å². The summed E-state index contributed by atoms with van der Waals surface area (Å²) < 4.78 is 43.9. The van der Waals surface area contributed by atoms with Crippen LogP contribution in [-0.4, -0.2) is 26.9 Å². The fourth-order valence-corrected chi connectivity index (χ4v) is 3.42. The summed E-state index contributed by atoms with van der Waals surface area (Å²) in [6.45, 7) is 6.85. The highest BCUT2D eigenvalue weighted by Crippen LogP contribution is 2.22. The highest BCUT2D eigenvalue weighted by Gasteiger charge is 2.24. The summed E-state index contributed by atoms with van der Waals surface area (Å²) in [5.74, 6) is -1.91. The number of amides is 1. The third-order valence-electron chi connectivity index (χ3n) is 4.62.